The minimum atomic E-state index is 0.808. The van der Waals surface area contributed by atoms with Gasteiger partial charge in [0.1, 0.15) is 46.0 Å². The Morgan fingerprint density at radius 1 is 0.226 bits per heavy atom. The zero-order chi connectivity index (χ0) is 41.9. The first kappa shape index (κ1) is 39.6. The maximum absolute atomic E-state index is 6.19. The average molecular weight is 807 g/mol. The van der Waals surface area contributed by atoms with Crippen LogP contribution in [0.15, 0.2) is 224 Å². The van der Waals surface area contributed by atoms with Gasteiger partial charge < -0.3 is 18.9 Å². The molecule has 0 N–H and O–H groups in total. The maximum atomic E-state index is 6.19. The molecule has 9 rings (SSSR count). The third-order valence-corrected chi connectivity index (χ3v) is 10.7. The number of hydrogen-bond donors (Lipinski definition) is 0. The van der Waals surface area contributed by atoms with Crippen LogP contribution in [0.2, 0.25) is 0 Å². The lowest BCUT2D eigenvalue weighted by molar-refractivity contribution is 0.482. The van der Waals surface area contributed by atoms with E-state index in [4.69, 9.17) is 18.9 Å². The van der Waals surface area contributed by atoms with Crippen molar-refractivity contribution in [3.05, 3.63) is 263 Å². The normalized spacial score (nSPS) is 10.9. The second kappa shape index (κ2) is 19.1. The Kier molecular flexibility index (Phi) is 12.2. The fraction of sp³-hybridized carbons (Fsp3) is 0.0690. The molecule has 302 valence electrons. The molecule has 0 spiro atoms. The molecule has 0 bridgehead atoms. The molecule has 0 saturated heterocycles. The van der Waals surface area contributed by atoms with Gasteiger partial charge in [0.25, 0.3) is 0 Å². The molecule has 0 aliphatic heterocycles. The van der Waals surface area contributed by atoms with Crippen LogP contribution in [0.3, 0.4) is 0 Å². The molecular weight excluding hydrogens is 761 g/mol. The first-order valence-corrected chi connectivity index (χ1v) is 21.0. The average Bonchev–Trinajstić information content (AvgIpc) is 3.31. The van der Waals surface area contributed by atoms with Gasteiger partial charge in [-0.25, -0.2) is 0 Å². The minimum absolute atomic E-state index is 0.808. The Balaban J connectivity index is 0.708. The van der Waals surface area contributed by atoms with E-state index in [1.54, 1.807) is 0 Å². The van der Waals surface area contributed by atoms with E-state index in [1.807, 2.05) is 103 Å². The van der Waals surface area contributed by atoms with Crippen LogP contribution in [0.25, 0.3) is 11.1 Å². The molecule has 0 fully saturated rings. The second-order valence-corrected chi connectivity index (χ2v) is 15.5. The van der Waals surface area contributed by atoms with E-state index in [0.717, 1.165) is 65.3 Å². The third-order valence-electron chi connectivity index (χ3n) is 10.7. The van der Waals surface area contributed by atoms with Crippen molar-refractivity contribution < 1.29 is 18.9 Å². The van der Waals surface area contributed by atoms with Crippen molar-refractivity contribution in [2.75, 3.05) is 0 Å². The van der Waals surface area contributed by atoms with Crippen molar-refractivity contribution in [3.8, 4) is 57.1 Å². The van der Waals surface area contributed by atoms with Gasteiger partial charge >= 0.3 is 0 Å². The highest BCUT2D eigenvalue weighted by Crippen LogP contribution is 2.29. The highest BCUT2D eigenvalue weighted by Gasteiger charge is 2.06. The highest BCUT2D eigenvalue weighted by atomic mass is 16.5. The number of rotatable bonds is 15. The van der Waals surface area contributed by atoms with Crippen molar-refractivity contribution in [1.82, 2.24) is 0 Å². The SMILES string of the molecule is Cc1ccc(Oc2ccc(Cc3ccc(Oc4ccc(Cc5ccc(Oc6ccc(Cc7ccc(Oc8ccc(-c9ccccc9)cc8)cc7)cc6)cc5)cc4)cc3)cc2)cc1. The molecule has 4 nitrogen and oxygen atoms in total. The van der Waals surface area contributed by atoms with Crippen LogP contribution in [0.4, 0.5) is 0 Å². The van der Waals surface area contributed by atoms with Gasteiger partial charge in [0.15, 0.2) is 0 Å². The van der Waals surface area contributed by atoms with Gasteiger partial charge in [0.2, 0.25) is 0 Å². The van der Waals surface area contributed by atoms with Crippen LogP contribution < -0.4 is 18.9 Å². The van der Waals surface area contributed by atoms with E-state index in [0.29, 0.717) is 0 Å². The Labute approximate surface area is 364 Å². The lowest BCUT2D eigenvalue weighted by Gasteiger charge is -2.10. The summed E-state index contributed by atoms with van der Waals surface area (Å²) < 4.78 is 24.5. The summed E-state index contributed by atoms with van der Waals surface area (Å²) in [6.07, 6.45) is 2.48. The Morgan fingerprint density at radius 3 is 0.694 bits per heavy atom. The summed E-state index contributed by atoms with van der Waals surface area (Å²) in [5.74, 6) is 6.55. The predicted octanol–water partition coefficient (Wildman–Crippen LogP) is 15.6. The summed E-state index contributed by atoms with van der Waals surface area (Å²) in [5.41, 5.74) is 10.9. The molecule has 0 atom stereocenters. The third kappa shape index (κ3) is 10.9. The fourth-order valence-corrected chi connectivity index (χ4v) is 7.26. The summed E-state index contributed by atoms with van der Waals surface area (Å²) in [4.78, 5) is 0. The van der Waals surface area contributed by atoms with E-state index in [1.165, 1.54) is 50.1 Å². The first-order valence-electron chi connectivity index (χ1n) is 21.0. The Hall–Kier alpha value is -7.82. The van der Waals surface area contributed by atoms with Gasteiger partial charge in [0, 0.05) is 0 Å². The van der Waals surface area contributed by atoms with Crippen molar-refractivity contribution in [1.29, 1.82) is 0 Å². The van der Waals surface area contributed by atoms with Crippen molar-refractivity contribution >= 4 is 0 Å². The summed E-state index contributed by atoms with van der Waals surface area (Å²) in [5, 5.41) is 0. The molecule has 0 radical (unpaired) electrons. The molecule has 0 unspecified atom stereocenters. The predicted molar refractivity (Wildman–Crippen MR) is 250 cm³/mol. The first-order chi connectivity index (χ1) is 30.5. The van der Waals surface area contributed by atoms with Crippen LogP contribution >= 0.6 is 0 Å². The smallest absolute Gasteiger partial charge is 0.127 e. The maximum Gasteiger partial charge on any atom is 0.127 e. The standard InChI is InChI=1S/C58H46O4/c1-42-7-23-51(24-8-42)59-52-25-9-43(10-26-52)39-44-11-27-53(28-12-44)60-54-29-13-45(14-30-54)40-46-15-31-55(32-16-46)61-56-33-17-47(18-34-56)41-48-19-35-57(36-20-48)62-58-37-21-50(22-38-58)49-5-3-2-4-6-49/h2-38H,39-41H2,1H3. The van der Waals surface area contributed by atoms with Crippen LogP contribution in [0.5, 0.6) is 46.0 Å². The zero-order valence-electron chi connectivity index (χ0n) is 34.6. The fourth-order valence-electron chi connectivity index (χ4n) is 7.26. The molecule has 0 aliphatic rings. The largest absolute Gasteiger partial charge is 0.457 e. The minimum Gasteiger partial charge on any atom is -0.457 e. The molecule has 9 aromatic carbocycles. The zero-order valence-corrected chi connectivity index (χ0v) is 34.6. The lowest BCUT2D eigenvalue weighted by atomic mass is 10.0. The topological polar surface area (TPSA) is 36.9 Å². The van der Waals surface area contributed by atoms with Crippen LogP contribution in [-0.4, -0.2) is 0 Å². The summed E-state index contributed by atoms with van der Waals surface area (Å²) in [6.45, 7) is 2.07. The van der Waals surface area contributed by atoms with E-state index < -0.39 is 0 Å². The Bertz CT molecular complexity index is 2780. The van der Waals surface area contributed by atoms with Gasteiger partial charge in [-0.3, -0.25) is 0 Å². The molecule has 0 amide bonds. The van der Waals surface area contributed by atoms with E-state index in [9.17, 15) is 0 Å². The van der Waals surface area contributed by atoms with Crippen LogP contribution in [-0.2, 0) is 19.3 Å². The van der Waals surface area contributed by atoms with Gasteiger partial charge in [-0.2, -0.15) is 0 Å². The molecule has 0 aromatic heterocycles. The molecular formula is C58H46O4. The highest BCUT2D eigenvalue weighted by molar-refractivity contribution is 5.64. The number of hydrogen-bond acceptors (Lipinski definition) is 4. The quantitative estimate of drug-likeness (QED) is 0.103. The lowest BCUT2D eigenvalue weighted by Crippen LogP contribution is -1.92. The van der Waals surface area contributed by atoms with Crippen LogP contribution in [0, 0.1) is 6.92 Å². The molecule has 9 aromatic rings. The molecule has 62 heavy (non-hydrogen) atoms. The van der Waals surface area contributed by atoms with Gasteiger partial charge in [-0.15, -0.1) is 0 Å². The molecule has 0 saturated carbocycles. The summed E-state index contributed by atoms with van der Waals surface area (Å²) in [6, 6.07) is 76.4. The molecule has 4 heteroatoms. The van der Waals surface area contributed by atoms with Gasteiger partial charge in [0.05, 0.1) is 0 Å². The van der Waals surface area contributed by atoms with Gasteiger partial charge in [-0.1, -0.05) is 133 Å². The van der Waals surface area contributed by atoms with E-state index in [-0.39, 0.29) is 0 Å². The van der Waals surface area contributed by atoms with Gasteiger partial charge in [-0.05, 0) is 168 Å². The van der Waals surface area contributed by atoms with E-state index >= 15 is 0 Å². The molecule has 0 heterocycles. The summed E-state index contributed by atoms with van der Waals surface area (Å²) in [7, 11) is 0. The second-order valence-electron chi connectivity index (χ2n) is 15.5. The number of ether oxygens (including phenoxy) is 4. The number of aryl methyl sites for hydroxylation is 1. The monoisotopic (exact) mass is 806 g/mol. The van der Waals surface area contributed by atoms with Crippen LogP contribution in [0.1, 0.15) is 38.9 Å². The Morgan fingerprint density at radius 2 is 0.435 bits per heavy atom. The van der Waals surface area contributed by atoms with Crippen molar-refractivity contribution in [2.45, 2.75) is 26.2 Å². The summed E-state index contributed by atoms with van der Waals surface area (Å²) >= 11 is 0. The van der Waals surface area contributed by atoms with E-state index in [2.05, 4.69) is 128 Å². The number of benzene rings is 9. The van der Waals surface area contributed by atoms with Crippen molar-refractivity contribution in [2.24, 2.45) is 0 Å². The van der Waals surface area contributed by atoms with Crippen molar-refractivity contribution in [3.63, 3.8) is 0 Å². The molecule has 0 aliphatic carbocycles.